The van der Waals surface area contributed by atoms with Crippen LogP contribution in [0.25, 0.3) is 0 Å². The van der Waals surface area contributed by atoms with Gasteiger partial charge in [0.05, 0.1) is 13.3 Å². The average molecular weight is 296 g/mol. The molecule has 0 aliphatic carbocycles. The molecule has 0 spiro atoms. The zero-order valence-electron chi connectivity index (χ0n) is 11.2. The zero-order chi connectivity index (χ0) is 14.5. The second-order valence-corrected chi connectivity index (χ2v) is 4.84. The third kappa shape index (κ3) is 3.81. The highest BCUT2D eigenvalue weighted by molar-refractivity contribution is 6.32. The van der Waals surface area contributed by atoms with Gasteiger partial charge in [0.15, 0.2) is 5.82 Å². The smallest absolute Gasteiger partial charge is 0.318 e. The first-order valence-corrected chi connectivity index (χ1v) is 6.54. The van der Waals surface area contributed by atoms with Crippen LogP contribution in [0.4, 0.5) is 10.2 Å². The number of hydrogen-bond acceptors (Lipinski definition) is 4. The number of ether oxygens (including phenoxy) is 1. The van der Waals surface area contributed by atoms with Crippen LogP contribution in [-0.2, 0) is 6.42 Å². The molecule has 0 saturated carbocycles. The third-order valence-corrected chi connectivity index (χ3v) is 3.02. The van der Waals surface area contributed by atoms with Crippen LogP contribution in [0.5, 0.6) is 6.01 Å². The zero-order valence-corrected chi connectivity index (χ0v) is 12.0. The minimum absolute atomic E-state index is 0.0811. The van der Waals surface area contributed by atoms with E-state index in [0.717, 1.165) is 12.0 Å². The number of halogens is 2. The quantitative estimate of drug-likeness (QED) is 0.919. The number of benzene rings is 1. The molecule has 106 valence electrons. The van der Waals surface area contributed by atoms with Crippen molar-refractivity contribution >= 4 is 17.4 Å². The number of aromatic nitrogens is 2. The maximum atomic E-state index is 12.8. The van der Waals surface area contributed by atoms with Gasteiger partial charge in [-0.25, -0.2) is 9.37 Å². The minimum Gasteiger partial charge on any atom is -0.467 e. The predicted molar refractivity (Wildman–Crippen MR) is 76.8 cm³/mol. The summed E-state index contributed by atoms with van der Waals surface area (Å²) in [5.74, 6) is 0.283. The molecule has 0 aliphatic rings. The van der Waals surface area contributed by atoms with Gasteiger partial charge in [0.2, 0.25) is 0 Å². The molecular weight excluding hydrogens is 281 g/mol. The fourth-order valence-electron chi connectivity index (χ4n) is 1.81. The van der Waals surface area contributed by atoms with Crippen LogP contribution >= 0.6 is 11.6 Å². The van der Waals surface area contributed by atoms with E-state index in [2.05, 4.69) is 15.3 Å². The lowest BCUT2D eigenvalue weighted by Crippen LogP contribution is -2.19. The highest BCUT2D eigenvalue weighted by Gasteiger charge is 2.10. The molecule has 20 heavy (non-hydrogen) atoms. The molecule has 0 aliphatic heterocycles. The van der Waals surface area contributed by atoms with Crippen molar-refractivity contribution in [2.45, 2.75) is 19.4 Å². The van der Waals surface area contributed by atoms with Crippen LogP contribution in [0.2, 0.25) is 5.02 Å². The van der Waals surface area contributed by atoms with Crippen LogP contribution in [0.1, 0.15) is 12.5 Å². The fraction of sp³-hybridized carbons (Fsp3) is 0.286. The van der Waals surface area contributed by atoms with Gasteiger partial charge in [-0.3, -0.25) is 0 Å². The van der Waals surface area contributed by atoms with E-state index in [-0.39, 0.29) is 17.9 Å². The van der Waals surface area contributed by atoms with Crippen LogP contribution in [0, 0.1) is 5.82 Å². The minimum atomic E-state index is -0.238. The van der Waals surface area contributed by atoms with E-state index in [0.29, 0.717) is 10.8 Å². The maximum Gasteiger partial charge on any atom is 0.318 e. The van der Waals surface area contributed by atoms with Gasteiger partial charge in [-0.2, -0.15) is 4.98 Å². The summed E-state index contributed by atoms with van der Waals surface area (Å²) in [7, 11) is 1.50. The highest BCUT2D eigenvalue weighted by Crippen LogP contribution is 2.21. The Morgan fingerprint density at radius 1 is 1.35 bits per heavy atom. The van der Waals surface area contributed by atoms with Crippen molar-refractivity contribution in [3.05, 3.63) is 46.9 Å². The molecule has 0 fully saturated rings. The summed E-state index contributed by atoms with van der Waals surface area (Å²) < 4.78 is 17.8. The van der Waals surface area contributed by atoms with E-state index in [9.17, 15) is 4.39 Å². The summed E-state index contributed by atoms with van der Waals surface area (Å²) in [5, 5.41) is 3.62. The molecule has 1 aromatic heterocycles. The highest BCUT2D eigenvalue weighted by atomic mass is 35.5. The van der Waals surface area contributed by atoms with Gasteiger partial charge in [0, 0.05) is 6.04 Å². The lowest BCUT2D eigenvalue weighted by molar-refractivity contribution is 0.380. The van der Waals surface area contributed by atoms with Crippen LogP contribution in [-0.4, -0.2) is 23.1 Å². The lowest BCUT2D eigenvalue weighted by Gasteiger charge is -2.15. The maximum absolute atomic E-state index is 12.8. The van der Waals surface area contributed by atoms with Gasteiger partial charge >= 0.3 is 6.01 Å². The van der Waals surface area contributed by atoms with Crippen molar-refractivity contribution in [3.63, 3.8) is 0 Å². The van der Waals surface area contributed by atoms with Gasteiger partial charge < -0.3 is 10.1 Å². The van der Waals surface area contributed by atoms with Gasteiger partial charge in [-0.15, -0.1) is 0 Å². The van der Waals surface area contributed by atoms with Crippen molar-refractivity contribution in [1.82, 2.24) is 9.97 Å². The molecule has 6 heteroatoms. The number of hydrogen-bond donors (Lipinski definition) is 1. The van der Waals surface area contributed by atoms with E-state index in [1.54, 1.807) is 12.1 Å². The Kier molecular flexibility index (Phi) is 4.74. The van der Waals surface area contributed by atoms with E-state index < -0.39 is 0 Å². The molecule has 0 radical (unpaired) electrons. The number of methoxy groups -OCH3 is 1. The largest absolute Gasteiger partial charge is 0.467 e. The third-order valence-electron chi connectivity index (χ3n) is 2.74. The van der Waals surface area contributed by atoms with E-state index in [4.69, 9.17) is 16.3 Å². The van der Waals surface area contributed by atoms with Gasteiger partial charge in [-0.05, 0) is 31.0 Å². The first kappa shape index (κ1) is 14.5. The number of nitrogens with one attached hydrogen (secondary N) is 1. The Balaban J connectivity index is 2.04. The summed E-state index contributed by atoms with van der Waals surface area (Å²) in [5.41, 5.74) is 1.03. The standard InChI is InChI=1S/C14H15ClFN3O/c1-9(7-10-3-5-11(16)6-4-10)18-13-12(15)8-17-14(19-13)20-2/h3-6,8-9H,7H2,1-2H3,(H,17,18,19). The topological polar surface area (TPSA) is 47.0 Å². The van der Waals surface area contributed by atoms with Gasteiger partial charge in [0.1, 0.15) is 10.8 Å². The second kappa shape index (κ2) is 6.52. The summed E-state index contributed by atoms with van der Waals surface area (Å²) in [4.78, 5) is 8.06. The molecule has 1 aromatic carbocycles. The van der Waals surface area contributed by atoms with Gasteiger partial charge in [0.25, 0.3) is 0 Å². The van der Waals surface area contributed by atoms with E-state index in [1.165, 1.54) is 25.4 Å². The Morgan fingerprint density at radius 3 is 2.70 bits per heavy atom. The summed E-state index contributed by atoms with van der Waals surface area (Å²) in [6.07, 6.45) is 2.21. The Hall–Kier alpha value is -1.88. The lowest BCUT2D eigenvalue weighted by atomic mass is 10.1. The molecule has 1 unspecified atom stereocenters. The van der Waals surface area contributed by atoms with Crippen molar-refractivity contribution in [1.29, 1.82) is 0 Å². The molecule has 0 saturated heterocycles. The number of anilines is 1. The molecule has 2 rings (SSSR count). The normalized spacial score (nSPS) is 12.0. The van der Waals surface area contributed by atoms with Crippen LogP contribution < -0.4 is 10.1 Å². The van der Waals surface area contributed by atoms with Crippen molar-refractivity contribution < 1.29 is 9.13 Å². The molecular formula is C14H15ClFN3O. The average Bonchev–Trinajstić information content (AvgIpc) is 2.44. The van der Waals surface area contributed by atoms with Crippen molar-refractivity contribution in [2.75, 3.05) is 12.4 Å². The predicted octanol–water partition coefficient (Wildman–Crippen LogP) is 3.32. The monoisotopic (exact) mass is 295 g/mol. The van der Waals surface area contributed by atoms with Crippen molar-refractivity contribution in [3.8, 4) is 6.01 Å². The second-order valence-electron chi connectivity index (χ2n) is 4.43. The Bertz CT molecular complexity index is 577. The Labute approximate surface area is 122 Å². The number of rotatable bonds is 5. The molecule has 4 nitrogen and oxygen atoms in total. The Morgan fingerprint density at radius 2 is 2.05 bits per heavy atom. The van der Waals surface area contributed by atoms with E-state index in [1.807, 2.05) is 6.92 Å². The summed E-state index contributed by atoms with van der Waals surface area (Å²) in [6, 6.07) is 6.75. The molecule has 1 N–H and O–H groups in total. The van der Waals surface area contributed by atoms with Gasteiger partial charge in [-0.1, -0.05) is 23.7 Å². The first-order valence-electron chi connectivity index (χ1n) is 6.16. The fourth-order valence-corrected chi connectivity index (χ4v) is 1.95. The molecule has 0 amide bonds. The SMILES string of the molecule is COc1ncc(Cl)c(NC(C)Cc2ccc(F)cc2)n1. The molecule has 1 heterocycles. The van der Waals surface area contributed by atoms with Crippen LogP contribution in [0.3, 0.4) is 0 Å². The number of nitrogens with zero attached hydrogens (tertiary/aromatic N) is 2. The molecule has 0 bridgehead atoms. The van der Waals surface area contributed by atoms with Crippen LogP contribution in [0.15, 0.2) is 30.5 Å². The van der Waals surface area contributed by atoms with E-state index >= 15 is 0 Å². The summed E-state index contributed by atoms with van der Waals surface area (Å²) >= 11 is 6.03. The molecule has 1 atom stereocenters. The molecule has 2 aromatic rings. The summed E-state index contributed by atoms with van der Waals surface area (Å²) in [6.45, 7) is 1.99. The van der Waals surface area contributed by atoms with Crippen molar-refractivity contribution in [2.24, 2.45) is 0 Å². The first-order chi connectivity index (χ1) is 9.58.